The van der Waals surface area contributed by atoms with Gasteiger partial charge in [-0.15, -0.1) is 0 Å². The van der Waals surface area contributed by atoms with E-state index in [9.17, 15) is 5.11 Å². The number of nitrogen functional groups attached to an aromatic ring is 1. The Kier molecular flexibility index (Phi) is 3.17. The van der Waals surface area contributed by atoms with Gasteiger partial charge in [0.15, 0.2) is 0 Å². The Morgan fingerprint density at radius 1 is 1.59 bits per heavy atom. The summed E-state index contributed by atoms with van der Waals surface area (Å²) >= 11 is 0. The van der Waals surface area contributed by atoms with E-state index >= 15 is 0 Å². The normalized spacial score (nSPS) is 23.7. The van der Waals surface area contributed by atoms with E-state index in [-0.39, 0.29) is 18.3 Å². The van der Waals surface area contributed by atoms with E-state index < -0.39 is 0 Å². The van der Waals surface area contributed by atoms with Crippen molar-refractivity contribution in [1.82, 2.24) is 9.97 Å². The van der Waals surface area contributed by atoms with Crippen LogP contribution in [0.2, 0.25) is 0 Å². The van der Waals surface area contributed by atoms with Crippen LogP contribution in [0, 0.1) is 0 Å². The van der Waals surface area contributed by atoms with Gasteiger partial charge in [0.2, 0.25) is 0 Å². The summed E-state index contributed by atoms with van der Waals surface area (Å²) in [6.07, 6.45) is 2.98. The molecule has 0 amide bonds. The lowest BCUT2D eigenvalue weighted by Gasteiger charge is -2.42. The molecule has 0 bridgehead atoms. The van der Waals surface area contributed by atoms with E-state index in [2.05, 4.69) is 9.97 Å². The molecule has 2 heterocycles. The first-order valence-electron chi connectivity index (χ1n) is 5.61. The fraction of sp³-hybridized carbons (Fsp3) is 0.636. The number of ether oxygens (including phenoxy) is 1. The van der Waals surface area contributed by atoms with Crippen molar-refractivity contribution in [2.45, 2.75) is 25.6 Å². The molecule has 3 N–H and O–H groups in total. The van der Waals surface area contributed by atoms with Gasteiger partial charge in [0.05, 0.1) is 30.7 Å². The van der Waals surface area contributed by atoms with Crippen LogP contribution in [0.1, 0.15) is 13.8 Å². The van der Waals surface area contributed by atoms with Crippen LogP contribution in [-0.4, -0.2) is 46.5 Å². The van der Waals surface area contributed by atoms with Crippen molar-refractivity contribution in [3.8, 4) is 0 Å². The van der Waals surface area contributed by atoms with E-state index in [1.165, 1.54) is 6.20 Å². The zero-order chi connectivity index (χ0) is 12.5. The quantitative estimate of drug-likeness (QED) is 0.756. The molecule has 6 nitrogen and oxygen atoms in total. The molecular formula is C11H18N4O2. The van der Waals surface area contributed by atoms with E-state index in [0.29, 0.717) is 18.9 Å². The molecule has 1 atom stereocenters. The maximum absolute atomic E-state index is 9.23. The lowest BCUT2D eigenvalue weighted by atomic mass is 10.1. The average Bonchev–Trinajstić information content (AvgIpc) is 2.27. The van der Waals surface area contributed by atoms with Crippen molar-refractivity contribution in [2.24, 2.45) is 0 Å². The number of aromatic nitrogens is 2. The van der Waals surface area contributed by atoms with Crippen molar-refractivity contribution < 1.29 is 9.84 Å². The number of anilines is 2. The summed E-state index contributed by atoms with van der Waals surface area (Å²) in [7, 11) is 0. The number of nitrogens with two attached hydrogens (primary N) is 1. The predicted molar refractivity (Wildman–Crippen MR) is 64.7 cm³/mol. The third kappa shape index (κ3) is 2.83. The van der Waals surface area contributed by atoms with Crippen LogP contribution < -0.4 is 10.6 Å². The van der Waals surface area contributed by atoms with Gasteiger partial charge in [-0.25, -0.2) is 4.98 Å². The van der Waals surface area contributed by atoms with Gasteiger partial charge >= 0.3 is 0 Å². The number of aliphatic hydroxyl groups is 1. The van der Waals surface area contributed by atoms with Crippen LogP contribution in [0.4, 0.5) is 11.6 Å². The summed E-state index contributed by atoms with van der Waals surface area (Å²) in [6, 6.07) is 0. The zero-order valence-corrected chi connectivity index (χ0v) is 10.1. The van der Waals surface area contributed by atoms with Gasteiger partial charge < -0.3 is 20.5 Å². The summed E-state index contributed by atoms with van der Waals surface area (Å²) in [6.45, 7) is 5.26. The van der Waals surface area contributed by atoms with E-state index in [1.54, 1.807) is 6.20 Å². The van der Waals surface area contributed by atoms with Crippen LogP contribution in [0.15, 0.2) is 12.4 Å². The summed E-state index contributed by atoms with van der Waals surface area (Å²) in [5.74, 6) is 1.12. The maximum atomic E-state index is 9.23. The molecule has 2 rings (SSSR count). The first-order valence-corrected chi connectivity index (χ1v) is 5.61. The van der Waals surface area contributed by atoms with E-state index in [1.807, 2.05) is 18.7 Å². The zero-order valence-electron chi connectivity index (χ0n) is 10.1. The second-order valence-electron chi connectivity index (χ2n) is 4.86. The third-order valence-electron chi connectivity index (χ3n) is 2.65. The number of nitrogens with zero attached hydrogens (tertiary/aromatic N) is 3. The molecule has 1 aliphatic heterocycles. The highest BCUT2D eigenvalue weighted by atomic mass is 16.5. The minimum absolute atomic E-state index is 0.00429. The van der Waals surface area contributed by atoms with Crippen LogP contribution in [0.25, 0.3) is 0 Å². The Morgan fingerprint density at radius 2 is 2.35 bits per heavy atom. The Labute approximate surface area is 100 Å². The van der Waals surface area contributed by atoms with E-state index in [0.717, 1.165) is 5.82 Å². The van der Waals surface area contributed by atoms with Gasteiger partial charge in [-0.1, -0.05) is 0 Å². The van der Waals surface area contributed by atoms with Gasteiger partial charge in [-0.05, 0) is 13.8 Å². The summed E-state index contributed by atoms with van der Waals surface area (Å²) in [5.41, 5.74) is 5.30. The molecule has 0 radical (unpaired) electrons. The fourth-order valence-corrected chi connectivity index (χ4v) is 2.09. The molecule has 1 fully saturated rings. The molecular weight excluding hydrogens is 220 g/mol. The average molecular weight is 238 g/mol. The molecule has 94 valence electrons. The van der Waals surface area contributed by atoms with Crippen molar-refractivity contribution in [2.75, 3.05) is 30.3 Å². The van der Waals surface area contributed by atoms with Crippen molar-refractivity contribution in [3.05, 3.63) is 12.4 Å². The van der Waals surface area contributed by atoms with E-state index in [4.69, 9.17) is 10.5 Å². The fourth-order valence-electron chi connectivity index (χ4n) is 2.09. The Bertz CT molecular complexity index is 397. The Hall–Kier alpha value is -1.40. The minimum atomic E-state index is -0.321. The first-order chi connectivity index (χ1) is 8.00. The lowest BCUT2D eigenvalue weighted by Crippen LogP contribution is -2.54. The highest BCUT2D eigenvalue weighted by molar-refractivity contribution is 5.42. The predicted octanol–water partition coefficient (Wildman–Crippen LogP) is 0.0349. The van der Waals surface area contributed by atoms with Crippen LogP contribution >= 0.6 is 0 Å². The van der Waals surface area contributed by atoms with Crippen LogP contribution in [0.5, 0.6) is 0 Å². The van der Waals surface area contributed by atoms with Crippen molar-refractivity contribution >= 4 is 11.6 Å². The lowest BCUT2D eigenvalue weighted by molar-refractivity contribution is -0.101. The highest BCUT2D eigenvalue weighted by Gasteiger charge is 2.33. The second-order valence-corrected chi connectivity index (χ2v) is 4.86. The standard InChI is InChI=1S/C11H18N4O2/c1-11(2)7-15(5-8(6-16)17-11)10-4-13-3-9(12)14-10/h3-4,8,16H,5-7H2,1-2H3,(H2,12,14). The molecule has 0 saturated carbocycles. The SMILES string of the molecule is CC1(C)CN(c2cncc(N)n2)CC(CO)O1. The minimum Gasteiger partial charge on any atom is -0.394 e. The summed E-state index contributed by atoms with van der Waals surface area (Å²) in [5, 5.41) is 9.23. The largest absolute Gasteiger partial charge is 0.394 e. The Morgan fingerprint density at radius 3 is 3.00 bits per heavy atom. The van der Waals surface area contributed by atoms with Crippen molar-refractivity contribution in [3.63, 3.8) is 0 Å². The van der Waals surface area contributed by atoms with Gasteiger partial charge in [0.1, 0.15) is 11.6 Å². The van der Waals surface area contributed by atoms with Crippen molar-refractivity contribution in [1.29, 1.82) is 0 Å². The summed E-state index contributed by atoms with van der Waals surface area (Å²) in [4.78, 5) is 10.3. The van der Waals surface area contributed by atoms with Gasteiger partial charge in [0.25, 0.3) is 0 Å². The van der Waals surface area contributed by atoms with Gasteiger partial charge in [-0.3, -0.25) is 4.98 Å². The number of aliphatic hydroxyl groups excluding tert-OH is 1. The highest BCUT2D eigenvalue weighted by Crippen LogP contribution is 2.24. The topological polar surface area (TPSA) is 84.5 Å². The number of morpholine rings is 1. The molecule has 6 heteroatoms. The molecule has 17 heavy (non-hydrogen) atoms. The molecule has 0 aliphatic carbocycles. The number of hydrogen-bond acceptors (Lipinski definition) is 6. The molecule has 1 saturated heterocycles. The van der Waals surface area contributed by atoms with Gasteiger partial charge in [-0.2, -0.15) is 0 Å². The maximum Gasteiger partial charge on any atom is 0.149 e. The molecule has 1 aromatic rings. The monoisotopic (exact) mass is 238 g/mol. The summed E-state index contributed by atoms with van der Waals surface area (Å²) < 4.78 is 5.73. The van der Waals surface area contributed by atoms with Crippen LogP contribution in [0.3, 0.4) is 0 Å². The first kappa shape index (κ1) is 12.1. The molecule has 0 aromatic carbocycles. The number of rotatable bonds is 2. The second kappa shape index (κ2) is 4.46. The smallest absolute Gasteiger partial charge is 0.149 e. The molecule has 1 aromatic heterocycles. The van der Waals surface area contributed by atoms with Crippen LogP contribution in [-0.2, 0) is 4.74 Å². The third-order valence-corrected chi connectivity index (χ3v) is 2.65. The number of hydrogen-bond donors (Lipinski definition) is 2. The molecule has 1 unspecified atom stereocenters. The molecule has 1 aliphatic rings. The molecule has 0 spiro atoms. The van der Waals surface area contributed by atoms with Gasteiger partial charge in [0, 0.05) is 13.1 Å². The Balaban J connectivity index is 2.20.